The number of nitrogens with zero attached hydrogens (tertiary/aromatic N) is 1. The lowest BCUT2D eigenvalue weighted by Gasteiger charge is -1.97. The first-order valence-corrected chi connectivity index (χ1v) is 5.32. The molecule has 88 valence electrons. The van der Waals surface area contributed by atoms with Gasteiger partial charge in [0.05, 0.1) is 12.2 Å². The summed E-state index contributed by atoms with van der Waals surface area (Å²) in [4.78, 5) is 14.8. The molecule has 0 aliphatic carbocycles. The summed E-state index contributed by atoms with van der Waals surface area (Å²) in [5.41, 5.74) is 3.88. The van der Waals surface area contributed by atoms with Gasteiger partial charge in [0.25, 0.3) is 5.91 Å². The molecule has 5 heteroatoms. The maximum Gasteiger partial charge on any atom is 0.273 e. The third-order valence-corrected chi connectivity index (χ3v) is 2.29. The average Bonchev–Trinajstić information content (AvgIpc) is 2.78. The fourth-order valence-electron chi connectivity index (χ4n) is 1.52. The van der Waals surface area contributed by atoms with Crippen LogP contribution >= 0.6 is 0 Å². The first-order chi connectivity index (χ1) is 8.33. The van der Waals surface area contributed by atoms with E-state index >= 15 is 0 Å². The van der Waals surface area contributed by atoms with E-state index in [2.05, 4.69) is 15.5 Å². The molecule has 17 heavy (non-hydrogen) atoms. The topological polar surface area (TPSA) is 66.5 Å². The molecule has 0 spiro atoms. The Kier molecular flexibility index (Phi) is 3.40. The van der Waals surface area contributed by atoms with Crippen LogP contribution in [-0.4, -0.2) is 23.9 Å². The Morgan fingerprint density at radius 2 is 2.35 bits per heavy atom. The minimum atomic E-state index is -0.265. The minimum Gasteiger partial charge on any atom is -0.482 e. The van der Waals surface area contributed by atoms with E-state index < -0.39 is 0 Å². The van der Waals surface area contributed by atoms with Crippen LogP contribution < -0.4 is 5.43 Å². The highest BCUT2D eigenvalue weighted by atomic mass is 16.5. The van der Waals surface area contributed by atoms with Crippen LogP contribution in [-0.2, 0) is 4.74 Å². The highest BCUT2D eigenvalue weighted by Crippen LogP contribution is 2.17. The number of carbonyl (C=O) groups excluding carboxylic acids is 1. The van der Waals surface area contributed by atoms with E-state index in [0.29, 0.717) is 12.2 Å². The van der Waals surface area contributed by atoms with Crippen molar-refractivity contribution in [1.82, 2.24) is 10.4 Å². The number of fused-ring (bicyclic) bond motifs is 1. The first kappa shape index (κ1) is 11.2. The lowest BCUT2D eigenvalue weighted by atomic mass is 10.2. The van der Waals surface area contributed by atoms with E-state index in [4.69, 9.17) is 4.74 Å². The maximum atomic E-state index is 11.8. The molecule has 2 N–H and O–H groups in total. The van der Waals surface area contributed by atoms with Crippen molar-refractivity contribution in [3.05, 3.63) is 36.0 Å². The molecule has 5 nitrogen and oxygen atoms in total. The number of carbonyl (C=O) groups is 1. The Balaban J connectivity index is 2.14. The molecule has 0 bridgehead atoms. The van der Waals surface area contributed by atoms with E-state index in [9.17, 15) is 4.79 Å². The summed E-state index contributed by atoms with van der Waals surface area (Å²) >= 11 is 0. The van der Waals surface area contributed by atoms with Gasteiger partial charge in [-0.25, -0.2) is 5.43 Å². The zero-order valence-corrected chi connectivity index (χ0v) is 9.43. The van der Waals surface area contributed by atoms with Crippen LogP contribution in [0.1, 0.15) is 17.3 Å². The van der Waals surface area contributed by atoms with Crippen LogP contribution in [0.4, 0.5) is 0 Å². The largest absolute Gasteiger partial charge is 0.482 e. The molecule has 0 atom stereocenters. The molecular formula is C12H13N3O2. The molecule has 0 radical (unpaired) electrons. The van der Waals surface area contributed by atoms with Gasteiger partial charge in [-0.3, -0.25) is 4.79 Å². The molecule has 1 amide bonds. The van der Waals surface area contributed by atoms with Crippen molar-refractivity contribution in [3.63, 3.8) is 0 Å². The molecule has 2 rings (SSSR count). The van der Waals surface area contributed by atoms with E-state index in [1.807, 2.05) is 31.2 Å². The number of H-pyrrole nitrogens is 1. The normalized spacial score (nSPS) is 10.9. The molecular weight excluding hydrogens is 218 g/mol. The fraction of sp³-hybridized carbons (Fsp3) is 0.167. The monoisotopic (exact) mass is 231 g/mol. The Hall–Kier alpha value is -2.30. The standard InChI is InChI=1S/C12H13N3O2/c1-2-17-8-14-15-12(16)10-7-13-11-6-4-3-5-9(10)11/h3-8,13H,2H2,1H3,(H,15,16)/b14-8-. The SMILES string of the molecule is CCO/C=N\NC(=O)c1c[nH]c2ccccc12. The third-order valence-electron chi connectivity index (χ3n) is 2.29. The molecule has 0 aliphatic rings. The number of hydrogen-bond donors (Lipinski definition) is 2. The van der Waals surface area contributed by atoms with Crippen molar-refractivity contribution in [1.29, 1.82) is 0 Å². The van der Waals surface area contributed by atoms with Crippen molar-refractivity contribution in [3.8, 4) is 0 Å². The molecule has 1 aromatic heterocycles. The summed E-state index contributed by atoms with van der Waals surface area (Å²) < 4.78 is 4.87. The average molecular weight is 231 g/mol. The van der Waals surface area contributed by atoms with E-state index in [1.54, 1.807) is 6.20 Å². The van der Waals surface area contributed by atoms with Crippen molar-refractivity contribution in [2.75, 3.05) is 6.61 Å². The van der Waals surface area contributed by atoms with Gasteiger partial charge >= 0.3 is 0 Å². The van der Waals surface area contributed by atoms with Crippen molar-refractivity contribution in [2.24, 2.45) is 5.10 Å². The van der Waals surface area contributed by atoms with Gasteiger partial charge in [0, 0.05) is 17.1 Å². The highest BCUT2D eigenvalue weighted by Gasteiger charge is 2.10. The third kappa shape index (κ3) is 2.44. The molecule has 0 saturated heterocycles. The number of benzene rings is 1. The van der Waals surface area contributed by atoms with Crippen LogP contribution in [0.2, 0.25) is 0 Å². The molecule has 1 aromatic carbocycles. The molecule has 2 aromatic rings. The summed E-state index contributed by atoms with van der Waals surface area (Å²) in [7, 11) is 0. The van der Waals surface area contributed by atoms with Gasteiger partial charge in [0.15, 0.2) is 6.40 Å². The Labute approximate surface area is 98.5 Å². The number of aromatic nitrogens is 1. The number of ether oxygens (including phenoxy) is 1. The molecule has 0 fully saturated rings. The fourth-order valence-corrected chi connectivity index (χ4v) is 1.52. The van der Waals surface area contributed by atoms with Crippen LogP contribution in [0, 0.1) is 0 Å². The molecule has 0 aliphatic heterocycles. The second-order valence-corrected chi connectivity index (χ2v) is 3.38. The lowest BCUT2D eigenvalue weighted by Crippen LogP contribution is -2.17. The predicted octanol–water partition coefficient (Wildman–Crippen LogP) is 1.88. The van der Waals surface area contributed by atoms with Gasteiger partial charge in [-0.2, -0.15) is 0 Å². The quantitative estimate of drug-likeness (QED) is 0.479. The number of hydrazone groups is 1. The zero-order valence-electron chi connectivity index (χ0n) is 9.43. The summed E-state index contributed by atoms with van der Waals surface area (Å²) in [5, 5.41) is 4.54. The van der Waals surface area contributed by atoms with E-state index in [1.165, 1.54) is 6.40 Å². The van der Waals surface area contributed by atoms with Crippen LogP contribution in [0.25, 0.3) is 10.9 Å². The number of para-hydroxylation sites is 1. The number of aromatic amines is 1. The number of hydrogen-bond acceptors (Lipinski definition) is 3. The highest BCUT2D eigenvalue weighted by molar-refractivity contribution is 6.06. The lowest BCUT2D eigenvalue weighted by molar-refractivity contribution is 0.0955. The van der Waals surface area contributed by atoms with Crippen molar-refractivity contribution < 1.29 is 9.53 Å². The van der Waals surface area contributed by atoms with Crippen LogP contribution in [0.15, 0.2) is 35.6 Å². The second-order valence-electron chi connectivity index (χ2n) is 3.38. The summed E-state index contributed by atoms with van der Waals surface area (Å²) in [6, 6.07) is 7.59. The van der Waals surface area contributed by atoms with Gasteiger partial charge < -0.3 is 9.72 Å². The summed E-state index contributed by atoms with van der Waals surface area (Å²) in [5.74, 6) is -0.265. The van der Waals surface area contributed by atoms with Gasteiger partial charge in [-0.05, 0) is 13.0 Å². The maximum absolute atomic E-state index is 11.8. The molecule has 1 heterocycles. The van der Waals surface area contributed by atoms with Crippen molar-refractivity contribution >= 4 is 23.2 Å². The Bertz CT molecular complexity index is 545. The summed E-state index contributed by atoms with van der Waals surface area (Å²) in [6.45, 7) is 2.36. The predicted molar refractivity (Wildman–Crippen MR) is 65.9 cm³/mol. The Morgan fingerprint density at radius 1 is 1.53 bits per heavy atom. The van der Waals surface area contributed by atoms with Crippen molar-refractivity contribution in [2.45, 2.75) is 6.92 Å². The smallest absolute Gasteiger partial charge is 0.273 e. The number of nitrogens with one attached hydrogen (secondary N) is 2. The van der Waals surface area contributed by atoms with E-state index in [-0.39, 0.29) is 5.91 Å². The van der Waals surface area contributed by atoms with Gasteiger partial charge in [0.1, 0.15) is 0 Å². The molecule has 0 unspecified atom stereocenters. The Morgan fingerprint density at radius 3 is 3.18 bits per heavy atom. The number of amides is 1. The van der Waals surface area contributed by atoms with Gasteiger partial charge in [-0.15, -0.1) is 5.10 Å². The van der Waals surface area contributed by atoms with Gasteiger partial charge in [0.2, 0.25) is 0 Å². The number of rotatable bonds is 4. The summed E-state index contributed by atoms with van der Waals surface area (Å²) in [6.07, 6.45) is 2.88. The molecule has 0 saturated carbocycles. The van der Waals surface area contributed by atoms with Gasteiger partial charge in [-0.1, -0.05) is 18.2 Å². The first-order valence-electron chi connectivity index (χ1n) is 5.32. The van der Waals surface area contributed by atoms with Crippen LogP contribution in [0.5, 0.6) is 0 Å². The second kappa shape index (κ2) is 5.16. The van der Waals surface area contributed by atoms with E-state index in [0.717, 1.165) is 10.9 Å². The minimum absolute atomic E-state index is 0.265. The zero-order chi connectivity index (χ0) is 12.1. The van der Waals surface area contributed by atoms with Crippen LogP contribution in [0.3, 0.4) is 0 Å².